The van der Waals surface area contributed by atoms with Crippen molar-refractivity contribution in [2.24, 2.45) is 0 Å². The highest BCUT2D eigenvalue weighted by molar-refractivity contribution is 9.10. The molecule has 3 heteroatoms. The average molecular weight is 726 g/mol. The van der Waals surface area contributed by atoms with Gasteiger partial charge in [-0.15, -0.1) is 0 Å². The van der Waals surface area contributed by atoms with E-state index in [0.717, 1.165) is 15.8 Å². The van der Waals surface area contributed by atoms with E-state index in [1.165, 1.54) is 88.1 Å². The summed E-state index contributed by atoms with van der Waals surface area (Å²) in [5.74, 6) is 0. The summed E-state index contributed by atoms with van der Waals surface area (Å²) >= 11 is 4.00. The van der Waals surface area contributed by atoms with Gasteiger partial charge in [0.05, 0.1) is 27.5 Å². The molecule has 0 fully saturated rings. The molecule has 2 aliphatic rings. The van der Waals surface area contributed by atoms with Gasteiger partial charge in [0.15, 0.2) is 0 Å². The van der Waals surface area contributed by atoms with Crippen LogP contribution < -0.4 is 0 Å². The summed E-state index contributed by atoms with van der Waals surface area (Å²) < 4.78 is 6.06. The molecule has 0 bridgehead atoms. The summed E-state index contributed by atoms with van der Waals surface area (Å²) in [4.78, 5) is 0. The molecule has 10 aromatic rings. The van der Waals surface area contributed by atoms with Crippen LogP contribution in [0.1, 0.15) is 22.3 Å². The Morgan fingerprint density at radius 3 is 1.54 bits per heavy atom. The SMILES string of the molecule is Brc1cccc2c1-c1ccccc1C21c2ccccc2-c2ccc3c4ccccc4n(-c4ccc(-n5c6ccccc6c6ccccc65)cc4)c3c21. The molecule has 0 N–H and O–H groups in total. The van der Waals surface area contributed by atoms with Crippen molar-refractivity contribution < 1.29 is 0 Å². The summed E-state index contributed by atoms with van der Waals surface area (Å²) in [6.07, 6.45) is 0. The zero-order chi connectivity index (χ0) is 34.1. The summed E-state index contributed by atoms with van der Waals surface area (Å²) in [6, 6.07) is 65.2. The summed E-state index contributed by atoms with van der Waals surface area (Å²) in [6.45, 7) is 0. The molecule has 12 rings (SSSR count). The quantitative estimate of drug-likeness (QED) is 0.168. The summed E-state index contributed by atoms with van der Waals surface area (Å²) in [5, 5.41) is 5.08. The zero-order valence-electron chi connectivity index (χ0n) is 28.0. The number of aromatic nitrogens is 2. The second-order valence-corrected chi connectivity index (χ2v) is 15.0. The second-order valence-electron chi connectivity index (χ2n) is 14.1. The maximum absolute atomic E-state index is 4.00. The fourth-order valence-electron chi connectivity index (χ4n) is 9.90. The minimum atomic E-state index is -0.476. The lowest BCUT2D eigenvalue weighted by Crippen LogP contribution is -2.26. The third-order valence-corrected chi connectivity index (χ3v) is 12.5. The van der Waals surface area contributed by atoms with Gasteiger partial charge in [0, 0.05) is 48.5 Å². The first-order chi connectivity index (χ1) is 25.7. The molecule has 0 saturated heterocycles. The van der Waals surface area contributed by atoms with Crippen LogP contribution in [0.5, 0.6) is 0 Å². The van der Waals surface area contributed by atoms with Gasteiger partial charge in [-0.2, -0.15) is 0 Å². The Morgan fingerprint density at radius 1 is 0.365 bits per heavy atom. The summed E-state index contributed by atoms with van der Waals surface area (Å²) in [5.41, 5.74) is 17.3. The first-order valence-electron chi connectivity index (χ1n) is 17.9. The summed E-state index contributed by atoms with van der Waals surface area (Å²) in [7, 11) is 0. The van der Waals surface area contributed by atoms with Gasteiger partial charge in [-0.1, -0.05) is 143 Å². The molecule has 242 valence electrons. The number of hydrogen-bond acceptors (Lipinski definition) is 0. The van der Waals surface area contributed by atoms with Gasteiger partial charge in [0.1, 0.15) is 0 Å². The molecule has 1 spiro atoms. The van der Waals surface area contributed by atoms with Crippen LogP contribution >= 0.6 is 15.9 Å². The van der Waals surface area contributed by atoms with E-state index in [1.807, 2.05) is 0 Å². The largest absolute Gasteiger partial charge is 0.309 e. The molecule has 1 atom stereocenters. The Balaban J connectivity index is 1.19. The number of benzene rings is 8. The van der Waals surface area contributed by atoms with Crippen LogP contribution in [-0.4, -0.2) is 9.13 Å². The fraction of sp³-hybridized carbons (Fsp3) is 0.0204. The lowest BCUT2D eigenvalue weighted by molar-refractivity contribution is 0.796. The Labute approximate surface area is 309 Å². The molecular formula is C49H29BrN2. The number of hydrogen-bond donors (Lipinski definition) is 0. The molecule has 2 aliphatic carbocycles. The Hall–Kier alpha value is -6.16. The molecule has 2 aromatic heterocycles. The normalized spacial score (nSPS) is 15.5. The molecule has 0 aliphatic heterocycles. The van der Waals surface area contributed by atoms with Gasteiger partial charge < -0.3 is 9.13 Å². The van der Waals surface area contributed by atoms with E-state index in [-0.39, 0.29) is 0 Å². The van der Waals surface area contributed by atoms with Crippen molar-refractivity contribution in [3.8, 4) is 33.6 Å². The number of para-hydroxylation sites is 3. The van der Waals surface area contributed by atoms with Crippen LogP contribution in [0, 0.1) is 0 Å². The van der Waals surface area contributed by atoms with Crippen molar-refractivity contribution in [2.75, 3.05) is 0 Å². The van der Waals surface area contributed by atoms with Crippen LogP contribution in [0.3, 0.4) is 0 Å². The molecule has 52 heavy (non-hydrogen) atoms. The van der Waals surface area contributed by atoms with Gasteiger partial charge in [-0.05, 0) is 81.9 Å². The lowest BCUT2D eigenvalue weighted by Gasteiger charge is -2.31. The fourth-order valence-corrected chi connectivity index (χ4v) is 10.5. The Kier molecular flexibility index (Phi) is 5.61. The van der Waals surface area contributed by atoms with Gasteiger partial charge in [-0.3, -0.25) is 0 Å². The van der Waals surface area contributed by atoms with Crippen LogP contribution in [0.15, 0.2) is 180 Å². The third kappa shape index (κ3) is 3.40. The lowest BCUT2D eigenvalue weighted by atomic mass is 9.70. The smallest absolute Gasteiger partial charge is 0.0746 e. The average Bonchev–Trinajstić information content (AvgIpc) is 3.90. The molecule has 0 radical (unpaired) electrons. The van der Waals surface area contributed by atoms with E-state index in [2.05, 4.69) is 201 Å². The predicted octanol–water partition coefficient (Wildman–Crippen LogP) is 13.0. The molecule has 0 saturated carbocycles. The first-order valence-corrected chi connectivity index (χ1v) is 18.7. The number of fused-ring (bicyclic) bond motifs is 17. The van der Waals surface area contributed by atoms with Crippen molar-refractivity contribution in [1.29, 1.82) is 0 Å². The molecule has 2 nitrogen and oxygen atoms in total. The van der Waals surface area contributed by atoms with E-state index in [4.69, 9.17) is 0 Å². The highest BCUT2D eigenvalue weighted by Crippen LogP contribution is 2.65. The minimum Gasteiger partial charge on any atom is -0.309 e. The van der Waals surface area contributed by atoms with Crippen molar-refractivity contribution in [2.45, 2.75) is 5.41 Å². The first kappa shape index (κ1) is 28.5. The number of nitrogens with zero attached hydrogens (tertiary/aromatic N) is 2. The molecule has 2 heterocycles. The van der Waals surface area contributed by atoms with Crippen LogP contribution in [0.25, 0.3) is 77.2 Å². The van der Waals surface area contributed by atoms with Crippen molar-refractivity contribution in [3.63, 3.8) is 0 Å². The maximum atomic E-state index is 4.00. The van der Waals surface area contributed by atoms with Gasteiger partial charge in [-0.25, -0.2) is 0 Å². The molecule has 0 amide bonds. The predicted molar refractivity (Wildman–Crippen MR) is 219 cm³/mol. The van der Waals surface area contributed by atoms with Gasteiger partial charge >= 0.3 is 0 Å². The molecular weight excluding hydrogens is 696 g/mol. The Bertz CT molecular complexity index is 3090. The standard InChI is InChI=1S/C49H29BrN2/c50-42-20-11-19-41-46(42)38-16-2-7-18-40(38)49(41)39-17-6-1-12-32(39)36-28-29-37-35-15-5-10-23-45(35)52(48(37)47(36)49)31-26-24-30(25-27-31)51-43-21-8-3-13-33(43)34-14-4-9-22-44(34)51/h1-29H. The van der Waals surface area contributed by atoms with E-state index in [0.29, 0.717) is 0 Å². The van der Waals surface area contributed by atoms with Crippen LogP contribution in [0.4, 0.5) is 0 Å². The maximum Gasteiger partial charge on any atom is 0.0746 e. The van der Waals surface area contributed by atoms with Gasteiger partial charge in [0.2, 0.25) is 0 Å². The Morgan fingerprint density at radius 2 is 0.865 bits per heavy atom. The zero-order valence-corrected chi connectivity index (χ0v) is 29.6. The van der Waals surface area contributed by atoms with Crippen molar-refractivity contribution in [3.05, 3.63) is 203 Å². The van der Waals surface area contributed by atoms with E-state index < -0.39 is 5.41 Å². The second kappa shape index (κ2) is 10.2. The number of halogens is 1. The molecule has 8 aromatic carbocycles. The number of rotatable bonds is 2. The van der Waals surface area contributed by atoms with Crippen molar-refractivity contribution >= 4 is 59.5 Å². The van der Waals surface area contributed by atoms with Gasteiger partial charge in [0.25, 0.3) is 0 Å². The third-order valence-electron chi connectivity index (χ3n) is 11.8. The van der Waals surface area contributed by atoms with E-state index in [1.54, 1.807) is 0 Å². The van der Waals surface area contributed by atoms with E-state index >= 15 is 0 Å². The minimum absolute atomic E-state index is 0.476. The van der Waals surface area contributed by atoms with Crippen molar-refractivity contribution in [1.82, 2.24) is 9.13 Å². The van der Waals surface area contributed by atoms with Crippen LogP contribution in [0.2, 0.25) is 0 Å². The van der Waals surface area contributed by atoms with Crippen LogP contribution in [-0.2, 0) is 5.41 Å². The molecule has 1 unspecified atom stereocenters. The van der Waals surface area contributed by atoms with E-state index in [9.17, 15) is 0 Å². The highest BCUT2D eigenvalue weighted by Gasteiger charge is 2.53. The monoisotopic (exact) mass is 724 g/mol. The topological polar surface area (TPSA) is 9.86 Å². The highest BCUT2D eigenvalue weighted by atomic mass is 79.9.